The van der Waals surface area contributed by atoms with Crippen molar-refractivity contribution in [3.63, 3.8) is 0 Å². The number of thiazole rings is 1. The second kappa shape index (κ2) is 12.6. The predicted molar refractivity (Wildman–Crippen MR) is 106 cm³/mol. The minimum Gasteiger partial charge on any atom is -0.462 e. The number of aryl methyl sites for hydroxylation is 1. The number of carbonyl (C=O) groups excluding carboxylic acids is 1. The van der Waals surface area contributed by atoms with Crippen LogP contribution in [-0.4, -0.2) is 50.3 Å². The number of carbonyl (C=O) groups is 1. The molecular formula is C18H32N4O3S. The SMILES string of the molecule is CCCCOCCCNC(=NC)NC(C)c1nc(C)c(C(=O)OCC)s1. The molecule has 2 N–H and O–H groups in total. The lowest BCUT2D eigenvalue weighted by molar-refractivity contribution is 0.0531. The van der Waals surface area contributed by atoms with Crippen molar-refractivity contribution in [3.05, 3.63) is 15.6 Å². The van der Waals surface area contributed by atoms with E-state index in [-0.39, 0.29) is 12.0 Å². The molecule has 7 nitrogen and oxygen atoms in total. The second-order valence-corrected chi connectivity index (χ2v) is 6.90. The van der Waals surface area contributed by atoms with E-state index in [0.29, 0.717) is 23.1 Å². The van der Waals surface area contributed by atoms with Crippen molar-refractivity contribution in [2.24, 2.45) is 4.99 Å². The lowest BCUT2D eigenvalue weighted by Crippen LogP contribution is -2.39. The molecule has 1 rings (SSSR count). The van der Waals surface area contributed by atoms with Gasteiger partial charge in [-0.15, -0.1) is 11.3 Å². The zero-order valence-corrected chi connectivity index (χ0v) is 17.4. The maximum atomic E-state index is 11.9. The van der Waals surface area contributed by atoms with E-state index in [1.807, 2.05) is 13.8 Å². The van der Waals surface area contributed by atoms with Gasteiger partial charge in [-0.2, -0.15) is 0 Å². The van der Waals surface area contributed by atoms with Crippen LogP contribution in [0.5, 0.6) is 0 Å². The van der Waals surface area contributed by atoms with Crippen molar-refractivity contribution < 1.29 is 14.3 Å². The van der Waals surface area contributed by atoms with Crippen LogP contribution in [0.25, 0.3) is 0 Å². The van der Waals surface area contributed by atoms with Gasteiger partial charge in [0.2, 0.25) is 0 Å². The van der Waals surface area contributed by atoms with Gasteiger partial charge in [-0.3, -0.25) is 4.99 Å². The Labute approximate surface area is 160 Å². The second-order valence-electron chi connectivity index (χ2n) is 5.87. The number of esters is 1. The first kappa shape index (κ1) is 22.4. The van der Waals surface area contributed by atoms with Crippen LogP contribution < -0.4 is 10.6 Å². The molecule has 0 saturated heterocycles. The van der Waals surface area contributed by atoms with Crippen LogP contribution in [0, 0.1) is 6.92 Å². The van der Waals surface area contributed by atoms with E-state index in [2.05, 4.69) is 27.5 Å². The first-order chi connectivity index (χ1) is 12.5. The van der Waals surface area contributed by atoms with Gasteiger partial charge in [-0.05, 0) is 33.6 Å². The van der Waals surface area contributed by atoms with Gasteiger partial charge in [0.25, 0.3) is 0 Å². The van der Waals surface area contributed by atoms with E-state index in [9.17, 15) is 4.79 Å². The predicted octanol–water partition coefficient (Wildman–Crippen LogP) is 3.06. The molecule has 1 aromatic heterocycles. The third-order valence-corrected chi connectivity index (χ3v) is 4.94. The first-order valence-corrected chi connectivity index (χ1v) is 10.0. The van der Waals surface area contributed by atoms with Crippen LogP contribution in [0.3, 0.4) is 0 Å². The molecule has 0 aliphatic heterocycles. The molecule has 1 aromatic rings. The van der Waals surface area contributed by atoms with Crippen molar-refractivity contribution in [2.75, 3.05) is 33.4 Å². The van der Waals surface area contributed by atoms with Gasteiger partial charge >= 0.3 is 5.97 Å². The highest BCUT2D eigenvalue weighted by atomic mass is 32.1. The summed E-state index contributed by atoms with van der Waals surface area (Å²) < 4.78 is 10.6. The van der Waals surface area contributed by atoms with Gasteiger partial charge in [0.15, 0.2) is 5.96 Å². The maximum absolute atomic E-state index is 11.9. The number of unbranched alkanes of at least 4 members (excludes halogenated alkanes) is 1. The van der Waals surface area contributed by atoms with Crippen LogP contribution in [0.15, 0.2) is 4.99 Å². The van der Waals surface area contributed by atoms with Crippen LogP contribution in [-0.2, 0) is 9.47 Å². The van der Waals surface area contributed by atoms with Crippen molar-refractivity contribution in [2.45, 2.75) is 53.0 Å². The Hall–Kier alpha value is -1.67. The van der Waals surface area contributed by atoms with Crippen molar-refractivity contribution in [1.82, 2.24) is 15.6 Å². The average molecular weight is 385 g/mol. The number of nitrogens with zero attached hydrogens (tertiary/aromatic N) is 2. The fourth-order valence-corrected chi connectivity index (χ4v) is 3.14. The Morgan fingerprint density at radius 1 is 1.31 bits per heavy atom. The van der Waals surface area contributed by atoms with Crippen LogP contribution in [0.2, 0.25) is 0 Å². The number of rotatable bonds is 11. The molecule has 1 heterocycles. The Morgan fingerprint density at radius 3 is 2.69 bits per heavy atom. The summed E-state index contributed by atoms with van der Waals surface area (Å²) in [6.45, 7) is 10.5. The molecule has 26 heavy (non-hydrogen) atoms. The summed E-state index contributed by atoms with van der Waals surface area (Å²) in [7, 11) is 1.73. The summed E-state index contributed by atoms with van der Waals surface area (Å²) in [5.41, 5.74) is 0.698. The summed E-state index contributed by atoms with van der Waals surface area (Å²) in [6.07, 6.45) is 3.18. The smallest absolute Gasteiger partial charge is 0.350 e. The van der Waals surface area contributed by atoms with Crippen molar-refractivity contribution in [1.29, 1.82) is 0 Å². The van der Waals surface area contributed by atoms with E-state index in [1.54, 1.807) is 14.0 Å². The summed E-state index contributed by atoms with van der Waals surface area (Å²) in [4.78, 5) is 21.2. The Balaban J connectivity index is 2.45. The quantitative estimate of drug-likeness (QED) is 0.264. The molecule has 0 radical (unpaired) electrons. The largest absolute Gasteiger partial charge is 0.462 e. The molecule has 0 aliphatic rings. The van der Waals surface area contributed by atoms with E-state index >= 15 is 0 Å². The van der Waals surface area contributed by atoms with Gasteiger partial charge in [0.05, 0.1) is 18.3 Å². The molecule has 0 amide bonds. The highest BCUT2D eigenvalue weighted by Gasteiger charge is 2.19. The van der Waals surface area contributed by atoms with E-state index < -0.39 is 0 Å². The lowest BCUT2D eigenvalue weighted by atomic mass is 10.3. The zero-order chi connectivity index (χ0) is 19.4. The summed E-state index contributed by atoms with van der Waals surface area (Å²) in [5, 5.41) is 7.40. The van der Waals surface area contributed by atoms with Gasteiger partial charge in [-0.25, -0.2) is 9.78 Å². The number of aromatic nitrogens is 1. The van der Waals surface area contributed by atoms with Crippen LogP contribution >= 0.6 is 11.3 Å². The summed E-state index contributed by atoms with van der Waals surface area (Å²) in [6, 6.07) is -0.0612. The molecule has 0 spiro atoms. The molecule has 1 unspecified atom stereocenters. The van der Waals surface area contributed by atoms with E-state index in [1.165, 1.54) is 11.3 Å². The van der Waals surface area contributed by atoms with E-state index in [4.69, 9.17) is 9.47 Å². The third-order valence-electron chi connectivity index (χ3n) is 3.62. The van der Waals surface area contributed by atoms with Crippen molar-refractivity contribution in [3.8, 4) is 0 Å². The minimum absolute atomic E-state index is 0.0612. The van der Waals surface area contributed by atoms with Gasteiger partial charge in [0, 0.05) is 26.8 Å². The maximum Gasteiger partial charge on any atom is 0.350 e. The molecular weight excluding hydrogens is 352 g/mol. The van der Waals surface area contributed by atoms with Crippen molar-refractivity contribution >= 4 is 23.3 Å². The monoisotopic (exact) mass is 384 g/mol. The standard InChI is InChI=1S/C18H32N4O3S/c1-6-8-11-24-12-9-10-20-18(19-5)22-14(4)16-21-13(3)15(26-16)17(23)25-7-2/h14H,6-12H2,1-5H3,(H2,19,20,22). The lowest BCUT2D eigenvalue weighted by Gasteiger charge is -2.16. The molecule has 1 atom stereocenters. The molecule has 0 saturated carbocycles. The Bertz CT molecular complexity index is 575. The van der Waals surface area contributed by atoms with Gasteiger partial charge < -0.3 is 20.1 Å². The molecule has 148 valence electrons. The Morgan fingerprint density at radius 2 is 2.04 bits per heavy atom. The third kappa shape index (κ3) is 7.70. The molecule has 8 heteroatoms. The van der Waals surface area contributed by atoms with Crippen LogP contribution in [0.1, 0.15) is 66.4 Å². The number of hydrogen-bond donors (Lipinski definition) is 2. The minimum atomic E-state index is -0.313. The number of ether oxygens (including phenoxy) is 2. The fraction of sp³-hybridized carbons (Fsp3) is 0.722. The van der Waals surface area contributed by atoms with E-state index in [0.717, 1.165) is 44.0 Å². The highest BCUT2D eigenvalue weighted by molar-refractivity contribution is 7.13. The number of hydrogen-bond acceptors (Lipinski definition) is 6. The van der Waals surface area contributed by atoms with Crippen LogP contribution in [0.4, 0.5) is 0 Å². The normalized spacial score (nSPS) is 12.7. The molecule has 0 aliphatic carbocycles. The average Bonchev–Trinajstić information content (AvgIpc) is 3.02. The van der Waals surface area contributed by atoms with Gasteiger partial charge in [-0.1, -0.05) is 13.3 Å². The fourth-order valence-electron chi connectivity index (χ4n) is 2.18. The summed E-state index contributed by atoms with van der Waals surface area (Å²) in [5.74, 6) is 0.392. The summed E-state index contributed by atoms with van der Waals surface area (Å²) >= 11 is 1.36. The molecule has 0 fully saturated rings. The number of guanidine groups is 1. The highest BCUT2D eigenvalue weighted by Crippen LogP contribution is 2.24. The number of nitrogens with one attached hydrogen (secondary N) is 2. The Kier molecular flexibility index (Phi) is 10.9. The van der Waals surface area contributed by atoms with Gasteiger partial charge in [0.1, 0.15) is 9.88 Å². The molecule has 0 bridgehead atoms. The topological polar surface area (TPSA) is 84.8 Å². The first-order valence-electron chi connectivity index (χ1n) is 9.22. The zero-order valence-electron chi connectivity index (χ0n) is 16.6. The molecule has 0 aromatic carbocycles. The number of aliphatic imine (C=N–C) groups is 1.